The molecule has 1 aromatic heterocycles. The van der Waals surface area contributed by atoms with E-state index in [0.717, 1.165) is 36.1 Å². The Morgan fingerprint density at radius 3 is 2.76 bits per heavy atom. The maximum atomic E-state index is 14.5. The molecule has 5 rings (SSSR count). The predicted molar refractivity (Wildman–Crippen MR) is 140 cm³/mol. The standard InChI is InChI=1S/C29H31FN2O4S/c1-20-7-2-5-11-26(20)36-19-25-23-13-16-37-27(23)12-14-32(25)28(33)18-31(17-21-8-6-15-35-21)29(34)22-9-3-4-10-24(22)30/h2-5,7,9-11,13,16,21,25H,6,8,12,14-15,17-19H2,1H3. The fraction of sp³-hybridized carbons (Fsp3) is 0.379. The fourth-order valence-corrected chi connectivity index (χ4v) is 6.00. The second-order valence-electron chi connectivity index (χ2n) is 9.53. The molecule has 2 aliphatic heterocycles. The summed E-state index contributed by atoms with van der Waals surface area (Å²) < 4.78 is 26.4. The molecule has 37 heavy (non-hydrogen) atoms. The van der Waals surface area contributed by atoms with Gasteiger partial charge in [0.2, 0.25) is 5.91 Å². The lowest BCUT2D eigenvalue weighted by Crippen LogP contribution is -2.49. The van der Waals surface area contributed by atoms with E-state index in [2.05, 4.69) is 6.07 Å². The molecule has 0 bridgehead atoms. The molecule has 2 atom stereocenters. The molecule has 6 nitrogen and oxygen atoms in total. The number of halogens is 1. The van der Waals surface area contributed by atoms with E-state index in [4.69, 9.17) is 9.47 Å². The number of hydrogen-bond donors (Lipinski definition) is 0. The summed E-state index contributed by atoms with van der Waals surface area (Å²) in [6.45, 7) is 3.58. The molecule has 0 aliphatic carbocycles. The lowest BCUT2D eigenvalue weighted by atomic mass is 10.00. The summed E-state index contributed by atoms with van der Waals surface area (Å²) in [5.41, 5.74) is 2.08. The van der Waals surface area contributed by atoms with Crippen LogP contribution in [0.15, 0.2) is 60.0 Å². The van der Waals surface area contributed by atoms with Gasteiger partial charge in [0.15, 0.2) is 0 Å². The van der Waals surface area contributed by atoms with Crippen molar-refractivity contribution in [2.24, 2.45) is 0 Å². The molecule has 0 saturated carbocycles. The molecule has 3 aromatic rings. The third-order valence-electron chi connectivity index (χ3n) is 7.07. The van der Waals surface area contributed by atoms with E-state index in [-0.39, 0.29) is 36.7 Å². The summed E-state index contributed by atoms with van der Waals surface area (Å²) in [5.74, 6) is -0.490. The highest BCUT2D eigenvalue weighted by atomic mass is 32.1. The topological polar surface area (TPSA) is 59.1 Å². The minimum atomic E-state index is -0.595. The molecule has 2 aliphatic rings. The van der Waals surface area contributed by atoms with Crippen molar-refractivity contribution in [2.75, 3.05) is 32.8 Å². The largest absolute Gasteiger partial charge is 0.491 e. The number of rotatable bonds is 8. The van der Waals surface area contributed by atoms with Gasteiger partial charge >= 0.3 is 0 Å². The summed E-state index contributed by atoms with van der Waals surface area (Å²) >= 11 is 1.69. The van der Waals surface area contributed by atoms with Crippen molar-refractivity contribution in [1.29, 1.82) is 0 Å². The molecular weight excluding hydrogens is 491 g/mol. The van der Waals surface area contributed by atoms with Gasteiger partial charge in [-0.3, -0.25) is 9.59 Å². The smallest absolute Gasteiger partial charge is 0.257 e. The molecular formula is C29H31FN2O4S. The number of para-hydroxylation sites is 1. The van der Waals surface area contributed by atoms with Gasteiger partial charge in [-0.25, -0.2) is 4.39 Å². The Morgan fingerprint density at radius 2 is 1.97 bits per heavy atom. The quantitative estimate of drug-likeness (QED) is 0.417. The molecule has 2 amide bonds. The van der Waals surface area contributed by atoms with E-state index in [1.165, 1.54) is 21.9 Å². The van der Waals surface area contributed by atoms with Crippen molar-refractivity contribution in [3.63, 3.8) is 0 Å². The highest BCUT2D eigenvalue weighted by Gasteiger charge is 2.35. The first kappa shape index (κ1) is 25.4. The van der Waals surface area contributed by atoms with Crippen molar-refractivity contribution in [2.45, 2.75) is 38.3 Å². The molecule has 194 valence electrons. The van der Waals surface area contributed by atoms with Gasteiger partial charge in [-0.2, -0.15) is 0 Å². The average Bonchev–Trinajstić information content (AvgIpc) is 3.60. The van der Waals surface area contributed by atoms with Gasteiger partial charge in [0.1, 0.15) is 24.7 Å². The number of ether oxygens (including phenoxy) is 2. The van der Waals surface area contributed by atoms with Crippen molar-refractivity contribution >= 4 is 23.2 Å². The monoisotopic (exact) mass is 522 g/mol. The number of aryl methyl sites for hydroxylation is 1. The second-order valence-corrected chi connectivity index (χ2v) is 10.5. The van der Waals surface area contributed by atoms with Gasteiger partial charge in [0.05, 0.1) is 17.7 Å². The van der Waals surface area contributed by atoms with Crippen molar-refractivity contribution in [3.8, 4) is 5.75 Å². The number of hydrogen-bond acceptors (Lipinski definition) is 5. The molecule has 0 radical (unpaired) electrons. The number of thiophene rings is 1. The zero-order valence-corrected chi connectivity index (χ0v) is 21.7. The van der Waals surface area contributed by atoms with E-state index in [9.17, 15) is 14.0 Å². The molecule has 8 heteroatoms. The first-order valence-corrected chi connectivity index (χ1v) is 13.6. The van der Waals surface area contributed by atoms with Crippen LogP contribution in [0.2, 0.25) is 0 Å². The predicted octanol–water partition coefficient (Wildman–Crippen LogP) is 5.02. The van der Waals surface area contributed by atoms with Gasteiger partial charge in [0, 0.05) is 24.6 Å². The molecule has 0 N–H and O–H groups in total. The second kappa shape index (κ2) is 11.4. The SMILES string of the molecule is Cc1ccccc1OCC1c2ccsc2CCN1C(=O)CN(CC1CCCO1)C(=O)c1ccccc1F. The first-order chi connectivity index (χ1) is 18.0. The number of amides is 2. The van der Waals surface area contributed by atoms with E-state index in [1.54, 1.807) is 23.5 Å². The zero-order valence-electron chi connectivity index (χ0n) is 20.9. The Kier molecular flexibility index (Phi) is 7.86. The highest BCUT2D eigenvalue weighted by Crippen LogP contribution is 2.34. The van der Waals surface area contributed by atoms with Crippen LogP contribution in [0.4, 0.5) is 4.39 Å². The minimum absolute atomic E-state index is 0.0356. The Labute approximate surface area is 220 Å². The Morgan fingerprint density at radius 1 is 1.16 bits per heavy atom. The van der Waals surface area contributed by atoms with Crippen molar-refractivity contribution in [1.82, 2.24) is 9.80 Å². The lowest BCUT2D eigenvalue weighted by molar-refractivity contribution is -0.135. The van der Waals surface area contributed by atoms with Gasteiger partial charge in [-0.05, 0) is 67.0 Å². The summed E-state index contributed by atoms with van der Waals surface area (Å²) in [7, 11) is 0. The highest BCUT2D eigenvalue weighted by molar-refractivity contribution is 7.10. The van der Waals surface area contributed by atoms with Gasteiger partial charge in [-0.1, -0.05) is 30.3 Å². The Bertz CT molecular complexity index is 1260. The molecule has 1 saturated heterocycles. The summed E-state index contributed by atoms with van der Waals surface area (Å²) in [4.78, 5) is 31.7. The van der Waals surface area contributed by atoms with Crippen LogP contribution in [0.3, 0.4) is 0 Å². The van der Waals surface area contributed by atoms with Gasteiger partial charge < -0.3 is 19.3 Å². The molecule has 1 fully saturated rings. The van der Waals surface area contributed by atoms with Crippen LogP contribution < -0.4 is 4.74 Å². The fourth-order valence-electron chi connectivity index (χ4n) is 5.07. The minimum Gasteiger partial charge on any atom is -0.491 e. The van der Waals surface area contributed by atoms with Crippen molar-refractivity contribution < 1.29 is 23.5 Å². The normalized spacial score (nSPS) is 18.9. The number of carbonyl (C=O) groups excluding carboxylic acids is 2. The first-order valence-electron chi connectivity index (χ1n) is 12.7. The average molecular weight is 523 g/mol. The van der Waals surface area contributed by atoms with Crippen LogP contribution in [0.1, 0.15) is 45.2 Å². The van der Waals surface area contributed by atoms with E-state index in [0.29, 0.717) is 19.8 Å². The van der Waals surface area contributed by atoms with Crippen LogP contribution >= 0.6 is 11.3 Å². The number of benzene rings is 2. The lowest BCUT2D eigenvalue weighted by Gasteiger charge is -2.37. The Hall–Kier alpha value is -3.23. The Balaban J connectivity index is 1.37. The summed E-state index contributed by atoms with van der Waals surface area (Å²) in [6.07, 6.45) is 2.32. The zero-order chi connectivity index (χ0) is 25.8. The summed E-state index contributed by atoms with van der Waals surface area (Å²) in [5, 5.41) is 2.05. The molecule has 0 spiro atoms. The molecule has 3 heterocycles. The third kappa shape index (κ3) is 5.70. The molecule has 2 aromatic carbocycles. The van der Waals surface area contributed by atoms with E-state index in [1.807, 2.05) is 41.5 Å². The number of fused-ring (bicyclic) bond motifs is 1. The van der Waals surface area contributed by atoms with Crippen molar-refractivity contribution in [3.05, 3.63) is 87.4 Å². The maximum absolute atomic E-state index is 14.5. The molecule has 2 unspecified atom stereocenters. The van der Waals surface area contributed by atoms with Gasteiger partial charge in [0.25, 0.3) is 5.91 Å². The summed E-state index contributed by atoms with van der Waals surface area (Å²) in [6, 6.07) is 15.5. The van der Waals surface area contributed by atoms with Crippen LogP contribution in [0, 0.1) is 12.7 Å². The van der Waals surface area contributed by atoms with Crippen LogP contribution in [0.5, 0.6) is 5.75 Å². The van der Waals surface area contributed by atoms with E-state index < -0.39 is 11.7 Å². The van der Waals surface area contributed by atoms with Gasteiger partial charge in [-0.15, -0.1) is 11.3 Å². The maximum Gasteiger partial charge on any atom is 0.257 e. The third-order valence-corrected chi connectivity index (χ3v) is 8.07. The number of nitrogens with zero attached hydrogens (tertiary/aromatic N) is 2. The van der Waals surface area contributed by atoms with E-state index >= 15 is 0 Å². The van der Waals surface area contributed by atoms with Crippen LogP contribution in [-0.2, 0) is 16.0 Å². The van der Waals surface area contributed by atoms with Crippen LogP contribution in [-0.4, -0.2) is 60.6 Å². The van der Waals surface area contributed by atoms with Crippen LogP contribution in [0.25, 0.3) is 0 Å². The number of carbonyl (C=O) groups is 2.